The van der Waals surface area contributed by atoms with Crippen molar-refractivity contribution >= 4 is 45.3 Å². The highest BCUT2D eigenvalue weighted by Crippen LogP contribution is 2.22. The molecule has 1 heterocycles. The Morgan fingerprint density at radius 2 is 2.21 bits per heavy atom. The van der Waals surface area contributed by atoms with E-state index in [1.807, 2.05) is 11.4 Å². The van der Waals surface area contributed by atoms with E-state index in [2.05, 4.69) is 5.32 Å². The summed E-state index contributed by atoms with van der Waals surface area (Å²) in [6, 6.07) is 8.78. The number of hydrogen-bond acceptors (Lipinski definition) is 3. The summed E-state index contributed by atoms with van der Waals surface area (Å²) in [5, 5.41) is 5.21. The molecule has 1 unspecified atom stereocenters. The lowest BCUT2D eigenvalue weighted by atomic mass is 10.2. The van der Waals surface area contributed by atoms with Crippen molar-refractivity contribution in [3.8, 4) is 0 Å². The second-order valence-electron chi connectivity index (χ2n) is 3.96. The Hall–Kier alpha value is -1.17. The Kier molecular flexibility index (Phi) is 4.74. The van der Waals surface area contributed by atoms with Gasteiger partial charge in [0.25, 0.3) is 5.91 Å². The van der Waals surface area contributed by atoms with E-state index in [1.54, 1.807) is 30.5 Å². The first-order chi connectivity index (χ1) is 9.06. The van der Waals surface area contributed by atoms with Crippen LogP contribution in [0.2, 0.25) is 5.02 Å². The number of thiophene rings is 1. The van der Waals surface area contributed by atoms with Crippen LogP contribution < -0.4 is 5.32 Å². The predicted octanol–water partition coefficient (Wildman–Crippen LogP) is 3.53. The Labute approximate surface area is 123 Å². The lowest BCUT2D eigenvalue weighted by molar-refractivity contribution is 0.103. The predicted molar refractivity (Wildman–Crippen MR) is 81.5 cm³/mol. The van der Waals surface area contributed by atoms with Gasteiger partial charge in [-0.15, -0.1) is 11.3 Å². The van der Waals surface area contributed by atoms with Gasteiger partial charge in [0.1, 0.15) is 0 Å². The van der Waals surface area contributed by atoms with Gasteiger partial charge in [-0.2, -0.15) is 0 Å². The molecule has 0 saturated carbocycles. The summed E-state index contributed by atoms with van der Waals surface area (Å²) in [6.45, 7) is 0. The van der Waals surface area contributed by atoms with E-state index < -0.39 is 10.8 Å². The van der Waals surface area contributed by atoms with Gasteiger partial charge >= 0.3 is 0 Å². The Bertz CT molecular complexity index is 611. The monoisotopic (exact) mass is 313 g/mol. The summed E-state index contributed by atoms with van der Waals surface area (Å²) in [4.78, 5) is 12.5. The number of anilines is 1. The van der Waals surface area contributed by atoms with Crippen LogP contribution in [-0.4, -0.2) is 16.4 Å². The van der Waals surface area contributed by atoms with Gasteiger partial charge in [-0.3, -0.25) is 9.00 Å². The quantitative estimate of drug-likeness (QED) is 0.938. The molecule has 2 rings (SSSR count). The van der Waals surface area contributed by atoms with Crippen LogP contribution in [0.25, 0.3) is 0 Å². The fraction of sp³-hybridized carbons (Fsp3) is 0.154. The molecule has 0 bridgehead atoms. The third-order valence-electron chi connectivity index (χ3n) is 2.41. The van der Waals surface area contributed by atoms with E-state index in [-0.39, 0.29) is 5.91 Å². The van der Waals surface area contributed by atoms with Gasteiger partial charge in [0, 0.05) is 33.5 Å². The average Bonchev–Trinajstić information content (AvgIpc) is 2.86. The smallest absolute Gasteiger partial charge is 0.265 e. The fourth-order valence-corrected chi connectivity index (χ4v) is 3.14. The van der Waals surface area contributed by atoms with E-state index in [1.165, 1.54) is 11.3 Å². The van der Waals surface area contributed by atoms with Crippen LogP contribution in [0.4, 0.5) is 5.69 Å². The molecule has 0 aliphatic heterocycles. The molecule has 0 fully saturated rings. The molecule has 0 spiro atoms. The highest BCUT2D eigenvalue weighted by atomic mass is 35.5. The van der Waals surface area contributed by atoms with Crippen LogP contribution in [0.15, 0.2) is 35.7 Å². The first-order valence-corrected chi connectivity index (χ1v) is 8.48. The molecule has 1 amide bonds. The minimum Gasteiger partial charge on any atom is -0.321 e. The second kappa shape index (κ2) is 6.32. The molecule has 2 aromatic rings. The van der Waals surface area contributed by atoms with Crippen molar-refractivity contribution in [2.24, 2.45) is 0 Å². The van der Waals surface area contributed by atoms with Crippen molar-refractivity contribution in [2.75, 3.05) is 11.6 Å². The number of carbonyl (C=O) groups is 1. The van der Waals surface area contributed by atoms with Crippen molar-refractivity contribution in [1.82, 2.24) is 0 Å². The molecule has 1 atom stereocenters. The van der Waals surface area contributed by atoms with Gasteiger partial charge in [0.15, 0.2) is 0 Å². The summed E-state index contributed by atoms with van der Waals surface area (Å²) in [6.07, 6.45) is 1.62. The maximum Gasteiger partial charge on any atom is 0.265 e. The van der Waals surface area contributed by atoms with E-state index in [4.69, 9.17) is 11.6 Å². The summed E-state index contributed by atoms with van der Waals surface area (Å²) in [7, 11) is -0.972. The van der Waals surface area contributed by atoms with Crippen LogP contribution in [0.5, 0.6) is 0 Å². The van der Waals surface area contributed by atoms with E-state index in [9.17, 15) is 9.00 Å². The lowest BCUT2D eigenvalue weighted by Crippen LogP contribution is -2.10. The molecule has 0 aliphatic carbocycles. The molecule has 0 aliphatic rings. The van der Waals surface area contributed by atoms with Crippen molar-refractivity contribution < 1.29 is 9.00 Å². The summed E-state index contributed by atoms with van der Waals surface area (Å²) in [5.74, 6) is 0.225. The Morgan fingerprint density at radius 3 is 2.84 bits per heavy atom. The van der Waals surface area contributed by atoms with Gasteiger partial charge in [0.2, 0.25) is 0 Å². The van der Waals surface area contributed by atoms with Crippen LogP contribution in [-0.2, 0) is 16.6 Å². The number of benzene rings is 1. The first kappa shape index (κ1) is 14.2. The zero-order valence-electron chi connectivity index (χ0n) is 10.2. The number of nitrogens with one attached hydrogen (secondary N) is 1. The summed E-state index contributed by atoms with van der Waals surface area (Å²) >= 11 is 7.41. The van der Waals surface area contributed by atoms with Crippen LogP contribution in [0, 0.1) is 0 Å². The molecule has 19 heavy (non-hydrogen) atoms. The van der Waals surface area contributed by atoms with E-state index >= 15 is 0 Å². The number of amides is 1. The highest BCUT2D eigenvalue weighted by molar-refractivity contribution is 7.83. The number of rotatable bonds is 4. The Morgan fingerprint density at radius 1 is 1.42 bits per heavy atom. The number of halogens is 1. The standard InChI is InChI=1S/C13H12ClNO2S2/c1-19(17)8-9-7-10(4-5-11(9)14)15-13(16)12-3-2-6-18-12/h2-7H,8H2,1H3,(H,15,16). The minimum absolute atomic E-state index is 0.152. The third kappa shape index (κ3) is 3.89. The molecule has 6 heteroatoms. The number of carbonyl (C=O) groups excluding carboxylic acids is 1. The van der Waals surface area contributed by atoms with Gasteiger partial charge in [-0.25, -0.2) is 0 Å². The van der Waals surface area contributed by atoms with Crippen LogP contribution in [0.3, 0.4) is 0 Å². The lowest BCUT2D eigenvalue weighted by Gasteiger charge is -2.07. The first-order valence-electron chi connectivity index (χ1n) is 5.49. The zero-order chi connectivity index (χ0) is 13.8. The molecule has 1 aromatic carbocycles. The molecule has 1 aromatic heterocycles. The third-order valence-corrected chi connectivity index (χ3v) is 4.36. The maximum absolute atomic E-state index is 11.9. The Balaban J connectivity index is 2.17. The van der Waals surface area contributed by atoms with E-state index in [0.29, 0.717) is 21.3 Å². The molecule has 0 radical (unpaired) electrons. The molecule has 1 N–H and O–H groups in total. The van der Waals surface area contributed by atoms with E-state index in [0.717, 1.165) is 5.56 Å². The van der Waals surface area contributed by atoms with Gasteiger partial charge < -0.3 is 5.32 Å². The summed E-state index contributed by atoms with van der Waals surface area (Å²) < 4.78 is 11.3. The second-order valence-corrected chi connectivity index (χ2v) is 6.75. The van der Waals surface area contributed by atoms with Gasteiger partial charge in [-0.05, 0) is 35.2 Å². The normalized spacial score (nSPS) is 12.1. The van der Waals surface area contributed by atoms with Gasteiger partial charge in [-0.1, -0.05) is 17.7 Å². The molecular weight excluding hydrogens is 302 g/mol. The van der Waals surface area contributed by atoms with Crippen molar-refractivity contribution in [1.29, 1.82) is 0 Å². The largest absolute Gasteiger partial charge is 0.321 e. The van der Waals surface area contributed by atoms with Crippen LogP contribution in [0.1, 0.15) is 15.2 Å². The molecule has 100 valence electrons. The maximum atomic E-state index is 11.9. The van der Waals surface area contributed by atoms with Crippen molar-refractivity contribution in [3.05, 3.63) is 51.2 Å². The molecular formula is C13H12ClNO2S2. The highest BCUT2D eigenvalue weighted by Gasteiger charge is 2.09. The topological polar surface area (TPSA) is 46.2 Å². The van der Waals surface area contributed by atoms with Crippen molar-refractivity contribution in [2.45, 2.75) is 5.75 Å². The molecule has 3 nitrogen and oxygen atoms in total. The number of hydrogen-bond donors (Lipinski definition) is 1. The zero-order valence-corrected chi connectivity index (χ0v) is 12.6. The summed E-state index contributed by atoms with van der Waals surface area (Å²) in [5.41, 5.74) is 1.43. The fourth-order valence-electron chi connectivity index (χ4n) is 1.58. The van der Waals surface area contributed by atoms with Gasteiger partial charge in [0.05, 0.1) is 4.88 Å². The SMILES string of the molecule is CS(=O)Cc1cc(NC(=O)c2cccs2)ccc1Cl. The minimum atomic E-state index is -0.972. The van der Waals surface area contributed by atoms with Crippen molar-refractivity contribution in [3.63, 3.8) is 0 Å². The molecule has 0 saturated heterocycles. The van der Waals surface area contributed by atoms with Crippen LogP contribution >= 0.6 is 22.9 Å². The average molecular weight is 314 g/mol.